The number of fused-ring (bicyclic) bond motifs is 4. The van der Waals surface area contributed by atoms with E-state index in [1.807, 2.05) is 0 Å². The molecule has 272 valence electrons. The van der Waals surface area contributed by atoms with E-state index in [0.29, 0.717) is 0 Å². The first-order valence-corrected chi connectivity index (χ1v) is 19.4. The van der Waals surface area contributed by atoms with Crippen molar-refractivity contribution in [3.8, 4) is 39.5 Å². The second-order valence-corrected chi connectivity index (χ2v) is 17.6. The van der Waals surface area contributed by atoms with Gasteiger partial charge in [-0.1, -0.05) is 124 Å². The maximum atomic E-state index is 6.79. The van der Waals surface area contributed by atoms with Gasteiger partial charge in [-0.3, -0.25) is 4.57 Å². The number of imidazole rings is 1. The predicted molar refractivity (Wildman–Crippen MR) is 228 cm³/mol. The molecule has 0 radical (unpaired) electrons. The number of hydrogen-bond acceptors (Lipinski definition) is 3. The second kappa shape index (κ2) is 13.1. The molecule has 0 saturated carbocycles. The van der Waals surface area contributed by atoms with Crippen LogP contribution in [-0.4, -0.2) is 14.5 Å². The van der Waals surface area contributed by atoms with Crippen molar-refractivity contribution in [2.45, 2.75) is 91.9 Å². The maximum absolute atomic E-state index is 6.79. The summed E-state index contributed by atoms with van der Waals surface area (Å²) in [6.07, 6.45) is 0. The van der Waals surface area contributed by atoms with Crippen LogP contribution in [0.15, 0.2) is 120 Å². The third-order valence-corrected chi connectivity index (χ3v) is 10.8. The summed E-state index contributed by atoms with van der Waals surface area (Å²) in [6.45, 7) is 22.8. The molecule has 0 aliphatic rings. The van der Waals surface area contributed by atoms with Crippen LogP contribution in [0.4, 0.5) is 0 Å². The van der Waals surface area contributed by atoms with E-state index in [4.69, 9.17) is 14.4 Å². The molecule has 0 aliphatic carbocycles. The van der Waals surface area contributed by atoms with E-state index in [-0.39, 0.29) is 22.7 Å². The van der Waals surface area contributed by atoms with Crippen molar-refractivity contribution in [2.75, 3.05) is 0 Å². The molecule has 0 saturated heterocycles. The molecule has 5 aromatic carbocycles. The zero-order chi connectivity index (χ0) is 38.1. The van der Waals surface area contributed by atoms with Crippen molar-refractivity contribution in [3.05, 3.63) is 138 Å². The van der Waals surface area contributed by atoms with Gasteiger partial charge >= 0.3 is 0 Å². The highest BCUT2D eigenvalue weighted by Gasteiger charge is 2.26. The van der Waals surface area contributed by atoms with Crippen molar-refractivity contribution >= 4 is 33.1 Å². The van der Waals surface area contributed by atoms with Crippen LogP contribution in [0.5, 0.6) is 0 Å². The van der Waals surface area contributed by atoms with E-state index >= 15 is 0 Å². The normalized spacial score (nSPS) is 12.6. The van der Waals surface area contributed by atoms with Crippen LogP contribution in [0.1, 0.15) is 103 Å². The average molecular weight is 710 g/mol. The summed E-state index contributed by atoms with van der Waals surface area (Å²) in [4.78, 5) is 10.7. The molecule has 4 nitrogen and oxygen atoms in total. The fourth-order valence-electron chi connectivity index (χ4n) is 7.69. The van der Waals surface area contributed by atoms with Crippen molar-refractivity contribution < 1.29 is 4.42 Å². The number of pyridine rings is 1. The minimum absolute atomic E-state index is 0.00947. The second-order valence-electron chi connectivity index (χ2n) is 17.6. The Morgan fingerprint density at radius 2 is 1.20 bits per heavy atom. The van der Waals surface area contributed by atoms with Gasteiger partial charge in [-0.25, -0.2) is 9.97 Å². The molecule has 0 fully saturated rings. The molecular weight excluding hydrogens is 659 g/mol. The number of aromatic nitrogens is 3. The molecule has 3 aromatic heterocycles. The zero-order valence-electron chi connectivity index (χ0n) is 33.4. The zero-order valence-corrected chi connectivity index (χ0v) is 33.4. The van der Waals surface area contributed by atoms with Crippen LogP contribution in [0.3, 0.4) is 0 Å². The summed E-state index contributed by atoms with van der Waals surface area (Å²) in [7, 11) is 0. The lowest BCUT2D eigenvalue weighted by Crippen LogP contribution is -2.16. The van der Waals surface area contributed by atoms with Crippen LogP contribution < -0.4 is 0 Å². The Balaban J connectivity index is 1.37. The summed E-state index contributed by atoms with van der Waals surface area (Å²) < 4.78 is 9.18. The molecule has 8 rings (SSSR count). The Morgan fingerprint density at radius 1 is 0.574 bits per heavy atom. The minimum Gasteiger partial charge on any atom is -0.454 e. The summed E-state index contributed by atoms with van der Waals surface area (Å²) in [5, 5.41) is 0.985. The van der Waals surface area contributed by atoms with Crippen molar-refractivity contribution in [3.63, 3.8) is 0 Å². The molecule has 0 aliphatic heterocycles. The molecule has 3 heterocycles. The minimum atomic E-state index is 0.00947. The SMILES string of the molecule is CC(C)c1cc(-c2ccccc2)cc(C(C)C)c1-n1c(-c2cccc3c2oc2ccc(-c4cc(C(C)(C)C)cc(C(C)(C)C)c4)nc23)nc2ccccc21. The summed E-state index contributed by atoms with van der Waals surface area (Å²) >= 11 is 0. The van der Waals surface area contributed by atoms with Gasteiger partial charge in [0.15, 0.2) is 5.58 Å². The van der Waals surface area contributed by atoms with Gasteiger partial charge in [-0.15, -0.1) is 0 Å². The summed E-state index contributed by atoms with van der Waals surface area (Å²) in [5.41, 5.74) is 16.4. The van der Waals surface area contributed by atoms with Crippen molar-refractivity contribution in [2.24, 2.45) is 0 Å². The number of benzene rings is 5. The molecule has 0 bridgehead atoms. The Bertz CT molecular complexity index is 2610. The Labute approximate surface area is 319 Å². The van der Waals surface area contributed by atoms with Gasteiger partial charge in [0.05, 0.1) is 28.0 Å². The van der Waals surface area contributed by atoms with E-state index in [2.05, 4.69) is 189 Å². The summed E-state index contributed by atoms with van der Waals surface area (Å²) in [6, 6.07) is 41.5. The molecule has 8 aromatic rings. The van der Waals surface area contributed by atoms with Gasteiger partial charge in [-0.05, 0) is 117 Å². The molecular formula is C50H51N3O. The lowest BCUT2D eigenvalue weighted by atomic mass is 9.79. The van der Waals surface area contributed by atoms with Crippen molar-refractivity contribution in [1.82, 2.24) is 14.5 Å². The topological polar surface area (TPSA) is 43.9 Å². The lowest BCUT2D eigenvalue weighted by Gasteiger charge is -2.26. The number of nitrogens with zero attached hydrogens (tertiary/aromatic N) is 3. The number of para-hydroxylation sites is 3. The van der Waals surface area contributed by atoms with E-state index < -0.39 is 0 Å². The molecule has 0 atom stereocenters. The third kappa shape index (κ3) is 6.22. The van der Waals surface area contributed by atoms with Crippen molar-refractivity contribution in [1.29, 1.82) is 0 Å². The van der Waals surface area contributed by atoms with Crippen LogP contribution in [0.2, 0.25) is 0 Å². The molecule has 0 unspecified atom stereocenters. The number of hydrogen-bond donors (Lipinski definition) is 0. The summed E-state index contributed by atoms with van der Waals surface area (Å²) in [5.74, 6) is 1.41. The van der Waals surface area contributed by atoms with Crippen LogP contribution >= 0.6 is 0 Å². The highest BCUT2D eigenvalue weighted by molar-refractivity contribution is 6.08. The first-order chi connectivity index (χ1) is 25.7. The molecule has 0 amide bonds. The van der Waals surface area contributed by atoms with E-state index in [1.54, 1.807) is 0 Å². The fourth-order valence-corrected chi connectivity index (χ4v) is 7.69. The van der Waals surface area contributed by atoms with Gasteiger partial charge in [0.25, 0.3) is 0 Å². The molecule has 54 heavy (non-hydrogen) atoms. The molecule has 0 spiro atoms. The highest BCUT2D eigenvalue weighted by atomic mass is 16.3. The first kappa shape index (κ1) is 35.5. The van der Waals surface area contributed by atoms with Gasteiger partial charge in [-0.2, -0.15) is 0 Å². The number of rotatable bonds is 6. The highest BCUT2D eigenvalue weighted by Crippen LogP contribution is 2.43. The largest absolute Gasteiger partial charge is 0.454 e. The van der Waals surface area contributed by atoms with E-state index in [0.717, 1.165) is 55.7 Å². The Kier molecular flexibility index (Phi) is 8.64. The number of furan rings is 1. The Morgan fingerprint density at radius 3 is 1.83 bits per heavy atom. The Hall–Kier alpha value is -5.48. The van der Waals surface area contributed by atoms with E-state index in [1.165, 1.54) is 39.1 Å². The van der Waals surface area contributed by atoms with Gasteiger partial charge in [0, 0.05) is 10.9 Å². The molecule has 0 N–H and O–H groups in total. The smallest absolute Gasteiger partial charge is 0.153 e. The molecule has 4 heteroatoms. The lowest BCUT2D eigenvalue weighted by molar-refractivity contribution is 0.569. The standard InChI is InChI=1S/C50H51N3O/c1-30(2)39-27-33(32-17-12-11-13-18-32)28-40(31(3)4)46(39)53-43-22-15-14-21-42(43)52-48(53)38-20-16-19-37-45-44(54-47(37)38)24-23-41(51-45)34-25-35(49(5,6)7)29-36(26-34)50(8,9)10/h11-31H,1-10H3. The van der Waals surface area contributed by atoms with Gasteiger partial charge < -0.3 is 4.42 Å². The van der Waals surface area contributed by atoms with Gasteiger partial charge in [0.2, 0.25) is 0 Å². The fraction of sp³-hybridized carbons (Fsp3) is 0.280. The van der Waals surface area contributed by atoms with Crippen LogP contribution in [0.25, 0.3) is 72.6 Å². The average Bonchev–Trinajstić information content (AvgIpc) is 3.72. The predicted octanol–water partition coefficient (Wildman–Crippen LogP) is 14.2. The van der Waals surface area contributed by atoms with Crippen LogP contribution in [-0.2, 0) is 10.8 Å². The van der Waals surface area contributed by atoms with E-state index in [9.17, 15) is 0 Å². The van der Waals surface area contributed by atoms with Gasteiger partial charge in [0.1, 0.15) is 16.9 Å². The first-order valence-electron chi connectivity index (χ1n) is 19.4. The van der Waals surface area contributed by atoms with Crippen LogP contribution in [0, 0.1) is 0 Å². The quantitative estimate of drug-likeness (QED) is 0.173. The maximum Gasteiger partial charge on any atom is 0.153 e. The monoisotopic (exact) mass is 709 g/mol. The third-order valence-electron chi connectivity index (χ3n) is 10.8.